The number of hydrogen-bond donors (Lipinski definition) is 0. The second-order valence-corrected chi connectivity index (χ2v) is 9.96. The first-order valence-electron chi connectivity index (χ1n) is 10.3. The molecule has 2 heterocycles. The number of pyridine rings is 1. The van der Waals surface area contributed by atoms with Crippen LogP contribution >= 0.6 is 11.8 Å². The van der Waals surface area contributed by atoms with Crippen molar-refractivity contribution < 1.29 is 9.31 Å². The molecule has 0 amide bonds. The van der Waals surface area contributed by atoms with Gasteiger partial charge in [0.15, 0.2) is 0 Å². The van der Waals surface area contributed by atoms with Crippen molar-refractivity contribution in [2.45, 2.75) is 94.7 Å². The van der Waals surface area contributed by atoms with Crippen molar-refractivity contribution in [2.24, 2.45) is 5.92 Å². The Labute approximate surface area is 164 Å². The van der Waals surface area contributed by atoms with Crippen molar-refractivity contribution in [1.29, 1.82) is 0 Å². The lowest BCUT2D eigenvalue weighted by Gasteiger charge is -2.32. The summed E-state index contributed by atoms with van der Waals surface area (Å²) in [5.41, 5.74) is -0.458. The molecule has 1 saturated heterocycles. The fourth-order valence-electron chi connectivity index (χ4n) is 4.15. The Morgan fingerprint density at radius 2 is 1.81 bits per heavy atom. The van der Waals surface area contributed by atoms with Crippen LogP contribution in [0.5, 0.6) is 0 Å². The highest BCUT2D eigenvalue weighted by Crippen LogP contribution is 2.46. The molecule has 3 rings (SSSR count). The fraction of sp³-hybridized carbons (Fsp3) is 0.762. The third kappa shape index (κ3) is 4.85. The lowest BCUT2D eigenvalue weighted by Crippen LogP contribution is -2.41. The van der Waals surface area contributed by atoms with E-state index in [1.165, 1.54) is 44.9 Å². The van der Waals surface area contributed by atoms with Gasteiger partial charge in [0, 0.05) is 6.20 Å². The highest BCUT2D eigenvalue weighted by atomic mass is 32.2. The summed E-state index contributed by atoms with van der Waals surface area (Å²) in [6.45, 7) is 8.67. The summed E-state index contributed by atoms with van der Waals surface area (Å²) in [5.74, 6) is 2.37. The maximum atomic E-state index is 6.45. The minimum atomic E-state index is -0.229. The molecule has 5 heteroatoms. The normalized spacial score (nSPS) is 23.9. The third-order valence-corrected chi connectivity index (χ3v) is 7.48. The van der Waals surface area contributed by atoms with E-state index in [4.69, 9.17) is 9.31 Å². The van der Waals surface area contributed by atoms with Crippen molar-refractivity contribution >= 4 is 18.9 Å². The minimum absolute atomic E-state index is 0.0528. The average molecular weight is 375 g/mol. The summed E-state index contributed by atoms with van der Waals surface area (Å²) < 4.78 is 12.9. The smallest absolute Gasteiger partial charge is 0.403 e. The molecule has 0 spiro atoms. The fourth-order valence-corrected chi connectivity index (χ4v) is 4.98. The Morgan fingerprint density at radius 3 is 2.42 bits per heavy atom. The Kier molecular flexibility index (Phi) is 6.74. The van der Waals surface area contributed by atoms with E-state index in [9.17, 15) is 0 Å². The number of aromatic nitrogens is 1. The van der Waals surface area contributed by atoms with Gasteiger partial charge in [0.25, 0.3) is 0 Å². The molecule has 0 aromatic carbocycles. The van der Waals surface area contributed by atoms with E-state index in [1.54, 1.807) is 0 Å². The number of nitrogens with zero attached hydrogens (tertiary/aromatic N) is 1. The van der Waals surface area contributed by atoms with Crippen molar-refractivity contribution in [1.82, 2.24) is 4.98 Å². The van der Waals surface area contributed by atoms with Crippen molar-refractivity contribution in [2.75, 3.05) is 5.75 Å². The van der Waals surface area contributed by atoms with E-state index in [0.717, 1.165) is 16.7 Å². The van der Waals surface area contributed by atoms with Gasteiger partial charge < -0.3 is 9.31 Å². The second kappa shape index (κ2) is 8.66. The standard InChI is InChI=1S/C21H34BNO2S/c1-20(2)21(3,4)25-22(24-20)18(17-11-6-5-7-12-17)13-10-16-26-19-14-8-9-15-23-19/h8-9,14-15,17-18H,5-7,10-13,16H2,1-4H3. The van der Waals surface area contributed by atoms with Crippen LogP contribution in [0.4, 0.5) is 0 Å². The second-order valence-electron chi connectivity index (χ2n) is 8.85. The molecule has 1 atom stereocenters. The molecular weight excluding hydrogens is 341 g/mol. The van der Waals surface area contributed by atoms with Gasteiger partial charge >= 0.3 is 7.12 Å². The lowest BCUT2D eigenvalue weighted by molar-refractivity contribution is 0.00578. The molecule has 1 aromatic rings. The average Bonchev–Trinajstić information content (AvgIpc) is 2.84. The zero-order valence-corrected chi connectivity index (χ0v) is 17.7. The summed E-state index contributed by atoms with van der Waals surface area (Å²) in [6.07, 6.45) is 11.0. The minimum Gasteiger partial charge on any atom is -0.403 e. The van der Waals surface area contributed by atoms with Gasteiger partial charge in [0.2, 0.25) is 0 Å². The molecule has 2 fully saturated rings. The molecule has 26 heavy (non-hydrogen) atoms. The molecule has 1 aliphatic heterocycles. The first kappa shape index (κ1) is 20.2. The van der Waals surface area contributed by atoms with Crippen LogP contribution in [0.15, 0.2) is 29.4 Å². The topological polar surface area (TPSA) is 31.4 Å². The van der Waals surface area contributed by atoms with Crippen LogP contribution in [0.3, 0.4) is 0 Å². The van der Waals surface area contributed by atoms with Crippen molar-refractivity contribution in [3.8, 4) is 0 Å². The Hall–Kier alpha value is -0.515. The molecule has 3 nitrogen and oxygen atoms in total. The summed E-state index contributed by atoms with van der Waals surface area (Å²) in [6, 6.07) is 6.13. The van der Waals surface area contributed by atoms with Crippen molar-refractivity contribution in [3.05, 3.63) is 24.4 Å². The van der Waals surface area contributed by atoms with E-state index in [0.29, 0.717) is 5.82 Å². The maximum absolute atomic E-state index is 6.45. The number of thioether (sulfide) groups is 1. The van der Waals surface area contributed by atoms with Crippen molar-refractivity contribution in [3.63, 3.8) is 0 Å². The zero-order valence-electron chi connectivity index (χ0n) is 16.9. The molecule has 0 radical (unpaired) electrons. The molecule has 0 bridgehead atoms. The van der Waals surface area contributed by atoms with Gasteiger partial charge in [-0.25, -0.2) is 4.98 Å². The summed E-state index contributed by atoms with van der Waals surface area (Å²) in [4.78, 5) is 4.41. The highest BCUT2D eigenvalue weighted by Gasteiger charge is 2.54. The van der Waals surface area contributed by atoms with Gasteiger partial charge in [0.05, 0.1) is 16.2 Å². The van der Waals surface area contributed by atoms with E-state index in [2.05, 4.69) is 44.8 Å². The number of hydrogen-bond acceptors (Lipinski definition) is 4. The first-order valence-corrected chi connectivity index (χ1v) is 11.3. The van der Waals surface area contributed by atoms with Gasteiger partial charge in [-0.05, 0) is 63.7 Å². The third-order valence-electron chi connectivity index (χ3n) is 6.45. The Balaban J connectivity index is 1.59. The van der Waals surface area contributed by atoms with Crippen LogP contribution in [-0.2, 0) is 9.31 Å². The van der Waals surface area contributed by atoms with Crippen LogP contribution in [0.25, 0.3) is 0 Å². The van der Waals surface area contributed by atoms with Gasteiger partial charge in [-0.15, -0.1) is 11.8 Å². The van der Waals surface area contributed by atoms with Crippen LogP contribution < -0.4 is 0 Å². The molecular formula is C21H34BNO2S. The Morgan fingerprint density at radius 1 is 1.12 bits per heavy atom. The molecule has 2 aliphatic rings. The maximum Gasteiger partial charge on any atom is 0.461 e. The monoisotopic (exact) mass is 375 g/mol. The summed E-state index contributed by atoms with van der Waals surface area (Å²) in [5, 5.41) is 1.12. The lowest BCUT2D eigenvalue weighted by atomic mass is 9.59. The molecule has 1 aliphatic carbocycles. The van der Waals surface area contributed by atoms with Crippen LogP contribution in [-0.4, -0.2) is 29.1 Å². The largest absolute Gasteiger partial charge is 0.461 e. The van der Waals surface area contributed by atoms with Crippen LogP contribution in [0.2, 0.25) is 5.82 Å². The SMILES string of the molecule is CC1(C)OB(C(CCCSc2ccccn2)C2CCCCC2)OC1(C)C. The summed E-state index contributed by atoms with van der Waals surface area (Å²) >= 11 is 1.86. The summed E-state index contributed by atoms with van der Waals surface area (Å²) in [7, 11) is -0.0528. The van der Waals surface area contributed by atoms with Gasteiger partial charge in [0.1, 0.15) is 0 Å². The zero-order chi connectivity index (χ0) is 18.6. The van der Waals surface area contributed by atoms with E-state index in [-0.39, 0.29) is 18.3 Å². The molecule has 1 saturated carbocycles. The first-order chi connectivity index (χ1) is 12.4. The number of rotatable bonds is 7. The Bertz CT molecular complexity index is 544. The molecule has 1 unspecified atom stereocenters. The quantitative estimate of drug-likeness (QED) is 0.332. The predicted molar refractivity (Wildman–Crippen MR) is 111 cm³/mol. The molecule has 144 valence electrons. The van der Waals surface area contributed by atoms with Crippen LogP contribution in [0.1, 0.15) is 72.6 Å². The highest BCUT2D eigenvalue weighted by molar-refractivity contribution is 7.99. The van der Waals surface area contributed by atoms with Gasteiger partial charge in [-0.2, -0.15) is 0 Å². The van der Waals surface area contributed by atoms with E-state index < -0.39 is 0 Å². The van der Waals surface area contributed by atoms with Gasteiger partial charge in [-0.1, -0.05) is 44.6 Å². The molecule has 1 aromatic heterocycles. The van der Waals surface area contributed by atoms with Gasteiger partial charge in [-0.3, -0.25) is 0 Å². The van der Waals surface area contributed by atoms with Crippen LogP contribution in [0, 0.1) is 5.92 Å². The van der Waals surface area contributed by atoms with E-state index >= 15 is 0 Å². The predicted octanol–water partition coefficient (Wildman–Crippen LogP) is 6.00. The molecule has 0 N–H and O–H groups in total. The van der Waals surface area contributed by atoms with E-state index in [1.807, 2.05) is 24.0 Å².